The van der Waals surface area contributed by atoms with Crippen molar-refractivity contribution in [1.82, 2.24) is 4.90 Å². The normalized spacial score (nSPS) is 28.6. The largest absolute Gasteiger partial charge is 0.393 e. The Morgan fingerprint density at radius 3 is 2.80 bits per heavy atom. The second-order valence-corrected chi connectivity index (χ2v) is 4.88. The fourth-order valence-electron chi connectivity index (χ4n) is 2.06. The zero-order valence-electron chi connectivity index (χ0n) is 9.91. The third-order valence-electron chi connectivity index (χ3n) is 3.15. The average molecular weight is 216 g/mol. The van der Waals surface area contributed by atoms with E-state index in [1.54, 1.807) is 0 Å². The van der Waals surface area contributed by atoms with E-state index in [1.807, 2.05) is 6.92 Å². The highest BCUT2D eigenvalue weighted by molar-refractivity contribution is 4.86. The molecule has 1 aliphatic rings. The molecule has 0 aromatic heterocycles. The van der Waals surface area contributed by atoms with E-state index in [1.165, 1.54) is 0 Å². The molecule has 3 N–H and O–H groups in total. The van der Waals surface area contributed by atoms with Gasteiger partial charge in [-0.3, -0.25) is 0 Å². The molecule has 0 radical (unpaired) electrons. The lowest BCUT2D eigenvalue weighted by Crippen LogP contribution is -2.42. The highest BCUT2D eigenvalue weighted by Crippen LogP contribution is 2.28. The Morgan fingerprint density at radius 2 is 2.33 bits per heavy atom. The summed E-state index contributed by atoms with van der Waals surface area (Å²) < 4.78 is 5.42. The molecule has 0 aromatic carbocycles. The molecule has 90 valence electrons. The second kappa shape index (κ2) is 5.80. The molecule has 2 atom stereocenters. The first kappa shape index (κ1) is 12.9. The first-order valence-corrected chi connectivity index (χ1v) is 5.72. The van der Waals surface area contributed by atoms with Gasteiger partial charge in [-0.15, -0.1) is 0 Å². The van der Waals surface area contributed by atoms with Crippen molar-refractivity contribution >= 4 is 0 Å². The van der Waals surface area contributed by atoms with Crippen LogP contribution in [0.15, 0.2) is 0 Å². The Morgan fingerprint density at radius 1 is 1.60 bits per heavy atom. The second-order valence-electron chi connectivity index (χ2n) is 4.88. The first-order valence-electron chi connectivity index (χ1n) is 5.72. The van der Waals surface area contributed by atoms with Gasteiger partial charge in [0, 0.05) is 31.7 Å². The fraction of sp³-hybridized carbons (Fsp3) is 1.00. The first-order chi connectivity index (χ1) is 7.08. The maximum Gasteiger partial charge on any atom is 0.0547 e. The van der Waals surface area contributed by atoms with Crippen molar-refractivity contribution in [2.45, 2.75) is 25.9 Å². The van der Waals surface area contributed by atoms with Gasteiger partial charge in [0.05, 0.1) is 12.7 Å². The molecule has 4 heteroatoms. The van der Waals surface area contributed by atoms with Crippen LogP contribution < -0.4 is 5.73 Å². The number of hydrogen-bond acceptors (Lipinski definition) is 4. The van der Waals surface area contributed by atoms with E-state index >= 15 is 0 Å². The summed E-state index contributed by atoms with van der Waals surface area (Å²) in [5.41, 5.74) is 5.96. The number of hydrogen-bond donors (Lipinski definition) is 2. The van der Waals surface area contributed by atoms with Crippen LogP contribution in [-0.4, -0.2) is 56.0 Å². The predicted molar refractivity (Wildman–Crippen MR) is 60.7 cm³/mol. The lowest BCUT2D eigenvalue weighted by Gasteiger charge is -2.31. The van der Waals surface area contributed by atoms with Crippen molar-refractivity contribution in [2.24, 2.45) is 11.1 Å². The highest BCUT2D eigenvalue weighted by Gasteiger charge is 2.34. The summed E-state index contributed by atoms with van der Waals surface area (Å²) in [5.74, 6) is 0. The number of nitrogens with zero attached hydrogens (tertiary/aromatic N) is 1. The number of rotatable bonds is 6. The average Bonchev–Trinajstić information content (AvgIpc) is 2.64. The van der Waals surface area contributed by atoms with Crippen LogP contribution in [0.2, 0.25) is 0 Å². The molecule has 0 amide bonds. The summed E-state index contributed by atoms with van der Waals surface area (Å²) in [6.45, 7) is 6.01. The standard InChI is InChI=1S/C11H24N2O2/c1-10(14)3-5-13(2)8-11(7-12)4-6-15-9-11/h10,14H,3-9,12H2,1-2H3. The molecular formula is C11H24N2O2. The number of aliphatic hydroxyl groups is 1. The third kappa shape index (κ3) is 4.07. The zero-order chi connectivity index (χ0) is 11.3. The molecule has 1 aliphatic heterocycles. The molecule has 0 aromatic rings. The van der Waals surface area contributed by atoms with Crippen molar-refractivity contribution in [1.29, 1.82) is 0 Å². The van der Waals surface area contributed by atoms with Crippen LogP contribution in [0.5, 0.6) is 0 Å². The minimum absolute atomic E-state index is 0.146. The van der Waals surface area contributed by atoms with Crippen LogP contribution in [0.3, 0.4) is 0 Å². The molecular weight excluding hydrogens is 192 g/mol. The Balaban J connectivity index is 2.31. The smallest absolute Gasteiger partial charge is 0.0547 e. The molecule has 1 fully saturated rings. The van der Waals surface area contributed by atoms with Gasteiger partial charge in [-0.2, -0.15) is 0 Å². The van der Waals surface area contributed by atoms with Gasteiger partial charge in [0.25, 0.3) is 0 Å². The van der Waals surface area contributed by atoms with E-state index in [9.17, 15) is 5.11 Å². The topological polar surface area (TPSA) is 58.7 Å². The van der Waals surface area contributed by atoms with Crippen LogP contribution in [0, 0.1) is 5.41 Å². The van der Waals surface area contributed by atoms with Gasteiger partial charge < -0.3 is 20.5 Å². The lowest BCUT2D eigenvalue weighted by molar-refractivity contribution is 0.113. The van der Waals surface area contributed by atoms with Crippen LogP contribution in [0.4, 0.5) is 0 Å². The minimum atomic E-state index is -0.221. The van der Waals surface area contributed by atoms with Crippen molar-refractivity contribution < 1.29 is 9.84 Å². The van der Waals surface area contributed by atoms with E-state index in [2.05, 4.69) is 11.9 Å². The maximum absolute atomic E-state index is 9.21. The Hall–Kier alpha value is -0.160. The molecule has 15 heavy (non-hydrogen) atoms. The highest BCUT2D eigenvalue weighted by atomic mass is 16.5. The summed E-state index contributed by atoms with van der Waals surface area (Å²) in [5, 5.41) is 9.21. The SMILES string of the molecule is CC(O)CCN(C)CC1(CN)CCOC1. The molecule has 0 saturated carbocycles. The van der Waals surface area contributed by atoms with E-state index in [0.717, 1.165) is 39.1 Å². The molecule has 1 heterocycles. The van der Waals surface area contributed by atoms with E-state index in [4.69, 9.17) is 10.5 Å². The van der Waals surface area contributed by atoms with Gasteiger partial charge in [-0.25, -0.2) is 0 Å². The Bertz CT molecular complexity index is 179. The van der Waals surface area contributed by atoms with E-state index in [-0.39, 0.29) is 11.5 Å². The molecule has 0 bridgehead atoms. The summed E-state index contributed by atoms with van der Waals surface area (Å²) in [6, 6.07) is 0. The number of ether oxygens (including phenoxy) is 1. The van der Waals surface area contributed by atoms with Gasteiger partial charge in [0.1, 0.15) is 0 Å². The molecule has 0 aliphatic carbocycles. The lowest BCUT2D eigenvalue weighted by atomic mass is 9.87. The molecule has 1 rings (SSSR count). The quantitative estimate of drug-likeness (QED) is 0.659. The van der Waals surface area contributed by atoms with Gasteiger partial charge in [0.15, 0.2) is 0 Å². The van der Waals surface area contributed by atoms with Crippen molar-refractivity contribution in [2.75, 3.05) is 39.9 Å². The summed E-state index contributed by atoms with van der Waals surface area (Å²) in [4.78, 5) is 2.24. The van der Waals surface area contributed by atoms with Gasteiger partial charge >= 0.3 is 0 Å². The van der Waals surface area contributed by atoms with Crippen LogP contribution in [0.1, 0.15) is 19.8 Å². The molecule has 4 nitrogen and oxygen atoms in total. The van der Waals surface area contributed by atoms with E-state index < -0.39 is 0 Å². The predicted octanol–water partition coefficient (Wildman–Crippen LogP) is 0.0545. The summed E-state index contributed by atoms with van der Waals surface area (Å²) in [7, 11) is 2.08. The van der Waals surface area contributed by atoms with Crippen molar-refractivity contribution in [3.05, 3.63) is 0 Å². The van der Waals surface area contributed by atoms with Gasteiger partial charge in [-0.1, -0.05) is 0 Å². The monoisotopic (exact) mass is 216 g/mol. The van der Waals surface area contributed by atoms with Crippen molar-refractivity contribution in [3.8, 4) is 0 Å². The summed E-state index contributed by atoms with van der Waals surface area (Å²) in [6.07, 6.45) is 1.65. The minimum Gasteiger partial charge on any atom is -0.393 e. The molecule has 0 spiro atoms. The Labute approximate surface area is 92.4 Å². The van der Waals surface area contributed by atoms with Gasteiger partial charge in [0.2, 0.25) is 0 Å². The summed E-state index contributed by atoms with van der Waals surface area (Å²) >= 11 is 0. The Kier molecular flexibility index (Phi) is 4.99. The fourth-order valence-corrected chi connectivity index (χ4v) is 2.06. The molecule has 2 unspecified atom stereocenters. The zero-order valence-corrected chi connectivity index (χ0v) is 9.91. The van der Waals surface area contributed by atoms with Crippen LogP contribution in [-0.2, 0) is 4.74 Å². The van der Waals surface area contributed by atoms with Gasteiger partial charge in [-0.05, 0) is 26.8 Å². The molecule has 1 saturated heterocycles. The maximum atomic E-state index is 9.21. The van der Waals surface area contributed by atoms with Crippen molar-refractivity contribution in [3.63, 3.8) is 0 Å². The van der Waals surface area contributed by atoms with Crippen LogP contribution in [0.25, 0.3) is 0 Å². The van der Waals surface area contributed by atoms with Crippen LogP contribution >= 0.6 is 0 Å². The third-order valence-corrected chi connectivity index (χ3v) is 3.15. The van der Waals surface area contributed by atoms with E-state index in [0.29, 0.717) is 6.54 Å². The number of aliphatic hydroxyl groups excluding tert-OH is 1. The number of nitrogens with two attached hydrogens (primary N) is 1.